The van der Waals surface area contributed by atoms with Gasteiger partial charge in [-0.15, -0.1) is 0 Å². The second kappa shape index (κ2) is 10.2. The molecular formula is C19H27NO7. The van der Waals surface area contributed by atoms with Gasteiger partial charge in [-0.1, -0.05) is 12.1 Å². The second-order valence-electron chi connectivity index (χ2n) is 6.60. The molecule has 0 spiro atoms. The van der Waals surface area contributed by atoms with E-state index in [1.54, 1.807) is 0 Å². The van der Waals surface area contributed by atoms with Crippen LogP contribution in [0, 0.1) is 0 Å². The molecule has 1 aromatic rings. The number of rotatable bonds is 9. The molecule has 8 nitrogen and oxygen atoms in total. The van der Waals surface area contributed by atoms with Gasteiger partial charge >= 0.3 is 11.9 Å². The van der Waals surface area contributed by atoms with E-state index in [0.29, 0.717) is 17.9 Å². The maximum atomic E-state index is 11.2. The maximum absolute atomic E-state index is 11.2. The zero-order valence-corrected chi connectivity index (χ0v) is 15.4. The average Bonchev–Trinajstić information content (AvgIpc) is 2.60. The Kier molecular flexibility index (Phi) is 8.02. The summed E-state index contributed by atoms with van der Waals surface area (Å²) in [5.41, 5.74) is 7.19. The number of benzene rings is 1. The van der Waals surface area contributed by atoms with E-state index in [-0.39, 0.29) is 19.4 Å². The number of aryl methyl sites for hydroxylation is 1. The molecule has 2 rings (SSSR count). The van der Waals surface area contributed by atoms with Crippen LogP contribution in [0.3, 0.4) is 0 Å². The minimum atomic E-state index is -1.14. The van der Waals surface area contributed by atoms with Crippen molar-refractivity contribution in [2.75, 3.05) is 6.54 Å². The van der Waals surface area contributed by atoms with Gasteiger partial charge in [-0.25, -0.2) is 4.79 Å². The van der Waals surface area contributed by atoms with Crippen molar-refractivity contribution in [3.63, 3.8) is 0 Å². The molecule has 3 atom stereocenters. The van der Waals surface area contributed by atoms with E-state index in [0.717, 1.165) is 24.8 Å². The fourth-order valence-electron chi connectivity index (χ4n) is 2.87. The number of carboxylic acid groups (broad SMARTS) is 1. The Bertz CT molecular complexity index is 649. The number of aliphatic hydroxyl groups is 1. The summed E-state index contributed by atoms with van der Waals surface area (Å²) in [5.74, 6) is -1.11. The molecule has 1 aromatic carbocycles. The number of nitrogens with two attached hydrogens (primary N) is 1. The molecule has 8 heteroatoms. The summed E-state index contributed by atoms with van der Waals surface area (Å²) in [7, 11) is 0. The molecule has 4 N–H and O–H groups in total. The third-order valence-electron chi connectivity index (χ3n) is 4.28. The molecule has 0 aliphatic carbocycles. The number of carbonyl (C=O) groups is 2. The van der Waals surface area contributed by atoms with Crippen LogP contribution in [0.15, 0.2) is 18.2 Å². The molecular weight excluding hydrogens is 354 g/mol. The lowest BCUT2D eigenvalue weighted by Gasteiger charge is -2.31. The molecule has 0 aromatic heterocycles. The molecule has 0 bridgehead atoms. The van der Waals surface area contributed by atoms with Gasteiger partial charge in [-0.2, -0.15) is 0 Å². The molecule has 1 fully saturated rings. The zero-order chi connectivity index (χ0) is 19.8. The number of hydrogen-bond donors (Lipinski definition) is 3. The van der Waals surface area contributed by atoms with E-state index < -0.39 is 30.4 Å². The fourth-order valence-corrected chi connectivity index (χ4v) is 2.87. The molecule has 0 amide bonds. The van der Waals surface area contributed by atoms with E-state index >= 15 is 0 Å². The van der Waals surface area contributed by atoms with Crippen molar-refractivity contribution in [1.29, 1.82) is 0 Å². The van der Waals surface area contributed by atoms with Crippen molar-refractivity contribution >= 4 is 11.9 Å². The van der Waals surface area contributed by atoms with Crippen LogP contribution in [-0.2, 0) is 32.1 Å². The van der Waals surface area contributed by atoms with Gasteiger partial charge in [0.1, 0.15) is 12.4 Å². The lowest BCUT2D eigenvalue weighted by atomic mass is 10.0. The van der Waals surface area contributed by atoms with Gasteiger partial charge in [-0.3, -0.25) is 4.79 Å². The molecule has 3 unspecified atom stereocenters. The summed E-state index contributed by atoms with van der Waals surface area (Å²) in [6.45, 7) is 1.98. The van der Waals surface area contributed by atoms with Crippen LogP contribution in [0.25, 0.3) is 0 Å². The third kappa shape index (κ3) is 6.82. The fraction of sp³-hybridized carbons (Fsp3) is 0.579. The van der Waals surface area contributed by atoms with Gasteiger partial charge in [0.2, 0.25) is 6.29 Å². The molecule has 1 aliphatic heterocycles. The van der Waals surface area contributed by atoms with E-state index in [1.165, 1.54) is 6.92 Å². The van der Waals surface area contributed by atoms with Gasteiger partial charge in [0, 0.05) is 25.3 Å². The van der Waals surface area contributed by atoms with Gasteiger partial charge in [0.15, 0.2) is 6.10 Å². The molecule has 1 saturated heterocycles. The molecule has 1 heterocycles. The minimum absolute atomic E-state index is 0.0224. The van der Waals surface area contributed by atoms with Crippen molar-refractivity contribution in [2.24, 2.45) is 5.73 Å². The topological polar surface area (TPSA) is 128 Å². The number of hydrogen-bond acceptors (Lipinski definition) is 7. The maximum Gasteiger partial charge on any atom is 0.333 e. The lowest BCUT2D eigenvalue weighted by molar-refractivity contribution is -0.195. The van der Waals surface area contributed by atoms with E-state index in [1.807, 2.05) is 18.2 Å². The number of carbonyl (C=O) groups excluding carboxylic acids is 1. The van der Waals surface area contributed by atoms with E-state index in [2.05, 4.69) is 0 Å². The summed E-state index contributed by atoms with van der Waals surface area (Å²) < 4.78 is 16.3. The highest BCUT2D eigenvalue weighted by molar-refractivity contribution is 5.72. The van der Waals surface area contributed by atoms with Gasteiger partial charge in [-0.05, 0) is 37.4 Å². The van der Waals surface area contributed by atoms with Gasteiger partial charge in [0.25, 0.3) is 0 Å². The molecule has 0 radical (unpaired) electrons. The number of esters is 1. The minimum Gasteiger partial charge on any atom is -0.479 e. The Balaban J connectivity index is 2.15. The van der Waals surface area contributed by atoms with Crippen molar-refractivity contribution in [3.05, 3.63) is 29.3 Å². The van der Waals surface area contributed by atoms with Crippen LogP contribution in [0.1, 0.15) is 43.7 Å². The lowest BCUT2D eigenvalue weighted by Crippen LogP contribution is -2.42. The predicted molar refractivity (Wildman–Crippen MR) is 96.1 cm³/mol. The second-order valence-corrected chi connectivity index (χ2v) is 6.60. The zero-order valence-electron chi connectivity index (χ0n) is 15.4. The Hall–Kier alpha value is -2.16. The summed E-state index contributed by atoms with van der Waals surface area (Å²) in [6, 6.07) is 5.57. The first-order valence-electron chi connectivity index (χ1n) is 9.07. The highest BCUT2D eigenvalue weighted by atomic mass is 16.7. The van der Waals surface area contributed by atoms with Gasteiger partial charge < -0.3 is 30.2 Å². The van der Waals surface area contributed by atoms with Crippen LogP contribution < -0.4 is 10.5 Å². The number of ether oxygens (including phenoxy) is 3. The Morgan fingerprint density at radius 2 is 2.07 bits per heavy atom. The number of unbranched alkanes of at least 4 members (excludes halogenated alkanes) is 1. The Morgan fingerprint density at radius 3 is 2.74 bits per heavy atom. The number of carboxylic acids is 1. The van der Waals surface area contributed by atoms with Crippen LogP contribution >= 0.6 is 0 Å². The van der Waals surface area contributed by atoms with Gasteiger partial charge in [0.05, 0.1) is 6.10 Å². The monoisotopic (exact) mass is 381 g/mol. The van der Waals surface area contributed by atoms with Crippen molar-refractivity contribution in [1.82, 2.24) is 0 Å². The van der Waals surface area contributed by atoms with Crippen LogP contribution in [0.4, 0.5) is 0 Å². The van der Waals surface area contributed by atoms with Crippen molar-refractivity contribution in [2.45, 2.75) is 64.1 Å². The summed E-state index contributed by atoms with van der Waals surface area (Å²) in [5, 5.41) is 19.1. The molecule has 150 valence electrons. The SMILES string of the molecule is CC(=O)OCc1ccc(CCCCN)cc1OC1CC(O)CC(C(=O)O)O1. The van der Waals surface area contributed by atoms with E-state index in [4.69, 9.17) is 25.1 Å². The van der Waals surface area contributed by atoms with Crippen molar-refractivity contribution in [3.8, 4) is 5.75 Å². The molecule has 1 aliphatic rings. The Labute approximate surface area is 158 Å². The number of aliphatic carboxylic acids is 1. The quantitative estimate of drug-likeness (QED) is 0.432. The van der Waals surface area contributed by atoms with Crippen LogP contribution in [-0.4, -0.2) is 47.2 Å². The summed E-state index contributed by atoms with van der Waals surface area (Å²) in [4.78, 5) is 22.3. The highest BCUT2D eigenvalue weighted by Crippen LogP contribution is 2.28. The smallest absolute Gasteiger partial charge is 0.333 e. The molecule has 27 heavy (non-hydrogen) atoms. The normalized spacial score (nSPS) is 22.3. The van der Waals surface area contributed by atoms with Crippen LogP contribution in [0.5, 0.6) is 5.75 Å². The highest BCUT2D eigenvalue weighted by Gasteiger charge is 2.34. The first-order valence-corrected chi connectivity index (χ1v) is 9.07. The first kappa shape index (κ1) is 21.1. The predicted octanol–water partition coefficient (Wildman–Crippen LogP) is 1.36. The van der Waals surface area contributed by atoms with Crippen LogP contribution in [0.2, 0.25) is 0 Å². The Morgan fingerprint density at radius 1 is 1.30 bits per heavy atom. The first-order chi connectivity index (χ1) is 12.9. The summed E-state index contributed by atoms with van der Waals surface area (Å²) >= 11 is 0. The van der Waals surface area contributed by atoms with Crippen molar-refractivity contribution < 1.29 is 34.0 Å². The summed E-state index contributed by atoms with van der Waals surface area (Å²) in [6.07, 6.45) is -0.0123. The van der Waals surface area contributed by atoms with E-state index in [9.17, 15) is 14.7 Å². The average molecular weight is 381 g/mol. The largest absolute Gasteiger partial charge is 0.479 e. The third-order valence-corrected chi connectivity index (χ3v) is 4.28. The standard InChI is InChI=1S/C19H27NO7/c1-12(21)25-11-14-6-5-13(4-2-3-7-20)8-16(14)26-18-10-15(22)9-17(27-18)19(23)24/h5-6,8,15,17-18,22H,2-4,7,9-11,20H2,1H3,(H,23,24). The molecule has 0 saturated carbocycles. The number of aliphatic hydroxyl groups excluding tert-OH is 1.